The molecule has 0 aromatic carbocycles. The second-order valence-electron chi connectivity index (χ2n) is 3.65. The first-order valence-electron chi connectivity index (χ1n) is 4.49. The molecular weight excluding hydrogens is 188 g/mol. The van der Waals surface area contributed by atoms with Crippen LogP contribution in [0.25, 0.3) is 0 Å². The van der Waals surface area contributed by atoms with Gasteiger partial charge in [0.2, 0.25) is 0 Å². The van der Waals surface area contributed by atoms with Crippen LogP contribution in [0.5, 0.6) is 0 Å². The summed E-state index contributed by atoms with van der Waals surface area (Å²) in [5.41, 5.74) is 1.34. The Kier molecular flexibility index (Phi) is 3.50. The van der Waals surface area contributed by atoms with Crippen molar-refractivity contribution in [1.29, 1.82) is 0 Å². The van der Waals surface area contributed by atoms with Crippen LogP contribution in [-0.2, 0) is 14.3 Å². The van der Waals surface area contributed by atoms with Gasteiger partial charge in [0, 0.05) is 5.92 Å². The fraction of sp³-hybridized carbons (Fsp3) is 0.778. The average Bonchev–Trinajstić information content (AvgIpc) is 2.00. The highest BCUT2D eigenvalue weighted by molar-refractivity contribution is 7.85. The van der Waals surface area contributed by atoms with Crippen LogP contribution in [0.15, 0.2) is 11.6 Å². The maximum Gasteiger partial charge on any atom is 0.264 e. The van der Waals surface area contributed by atoms with E-state index in [1.165, 1.54) is 5.57 Å². The van der Waals surface area contributed by atoms with Gasteiger partial charge in [0.1, 0.15) is 0 Å². The zero-order chi connectivity index (χ0) is 9.90. The topological polar surface area (TPSA) is 43.4 Å². The van der Waals surface area contributed by atoms with Gasteiger partial charge in [-0.2, -0.15) is 8.42 Å². The van der Waals surface area contributed by atoms with Crippen molar-refractivity contribution in [2.24, 2.45) is 5.92 Å². The molecule has 0 heterocycles. The average molecular weight is 204 g/mol. The predicted molar refractivity (Wildman–Crippen MR) is 51.9 cm³/mol. The summed E-state index contributed by atoms with van der Waals surface area (Å²) in [4.78, 5) is 0. The van der Waals surface area contributed by atoms with Gasteiger partial charge in [0.15, 0.2) is 0 Å². The molecule has 0 bridgehead atoms. The van der Waals surface area contributed by atoms with Crippen molar-refractivity contribution < 1.29 is 12.6 Å². The van der Waals surface area contributed by atoms with Crippen LogP contribution in [0, 0.1) is 5.92 Å². The summed E-state index contributed by atoms with van der Waals surface area (Å²) < 4.78 is 26.2. The zero-order valence-corrected chi connectivity index (χ0v) is 8.93. The van der Waals surface area contributed by atoms with Gasteiger partial charge in [0.05, 0.1) is 12.9 Å². The van der Waals surface area contributed by atoms with Gasteiger partial charge in [-0.1, -0.05) is 11.6 Å². The van der Waals surface area contributed by atoms with Gasteiger partial charge in [0.25, 0.3) is 10.1 Å². The maximum atomic E-state index is 10.7. The van der Waals surface area contributed by atoms with E-state index in [2.05, 4.69) is 13.0 Å². The molecule has 4 heteroatoms. The Morgan fingerprint density at radius 1 is 1.62 bits per heavy atom. The van der Waals surface area contributed by atoms with Gasteiger partial charge in [-0.3, -0.25) is 4.18 Å². The highest BCUT2D eigenvalue weighted by Crippen LogP contribution is 2.22. The van der Waals surface area contributed by atoms with Crippen molar-refractivity contribution >= 4 is 10.1 Å². The lowest BCUT2D eigenvalue weighted by Gasteiger charge is -2.18. The molecule has 0 amide bonds. The summed E-state index contributed by atoms with van der Waals surface area (Å²) in [7, 11) is -3.27. The first-order valence-corrected chi connectivity index (χ1v) is 6.31. The highest BCUT2D eigenvalue weighted by Gasteiger charge is 2.13. The maximum absolute atomic E-state index is 10.7. The van der Waals surface area contributed by atoms with Crippen molar-refractivity contribution in [2.45, 2.75) is 26.2 Å². The van der Waals surface area contributed by atoms with Crippen LogP contribution in [0.3, 0.4) is 0 Å². The van der Waals surface area contributed by atoms with Crippen LogP contribution in [0.2, 0.25) is 0 Å². The van der Waals surface area contributed by atoms with E-state index in [-0.39, 0.29) is 5.92 Å². The van der Waals surface area contributed by atoms with Gasteiger partial charge < -0.3 is 0 Å². The zero-order valence-electron chi connectivity index (χ0n) is 8.12. The van der Waals surface area contributed by atoms with Crippen LogP contribution >= 0.6 is 0 Å². The summed E-state index contributed by atoms with van der Waals surface area (Å²) in [5.74, 6) is 0.281. The highest BCUT2D eigenvalue weighted by atomic mass is 32.2. The Labute approximate surface area is 79.9 Å². The third-order valence-electron chi connectivity index (χ3n) is 2.16. The molecule has 0 spiro atoms. The lowest BCUT2D eigenvalue weighted by Crippen LogP contribution is -2.14. The molecule has 1 unspecified atom stereocenters. The Balaban J connectivity index is 2.42. The van der Waals surface area contributed by atoms with Crippen molar-refractivity contribution in [2.75, 3.05) is 12.9 Å². The van der Waals surface area contributed by atoms with Crippen molar-refractivity contribution in [3.05, 3.63) is 11.6 Å². The van der Waals surface area contributed by atoms with Gasteiger partial charge >= 0.3 is 0 Å². The van der Waals surface area contributed by atoms with Crippen LogP contribution in [0.4, 0.5) is 0 Å². The Morgan fingerprint density at radius 2 is 2.31 bits per heavy atom. The SMILES string of the molecule is CC1=CC(COS(C)(=O)=O)CCC1. The summed E-state index contributed by atoms with van der Waals surface area (Å²) in [6, 6.07) is 0. The molecule has 0 saturated heterocycles. The molecule has 3 nitrogen and oxygen atoms in total. The molecule has 0 N–H and O–H groups in total. The van der Waals surface area contributed by atoms with Gasteiger partial charge in [-0.05, 0) is 26.2 Å². The van der Waals surface area contributed by atoms with E-state index >= 15 is 0 Å². The van der Waals surface area contributed by atoms with E-state index in [0.29, 0.717) is 6.61 Å². The molecule has 76 valence electrons. The molecule has 13 heavy (non-hydrogen) atoms. The quantitative estimate of drug-likeness (QED) is 0.519. The van der Waals surface area contributed by atoms with Crippen molar-refractivity contribution in [3.63, 3.8) is 0 Å². The van der Waals surface area contributed by atoms with E-state index in [1.807, 2.05) is 0 Å². The summed E-state index contributed by atoms with van der Waals surface area (Å²) >= 11 is 0. The van der Waals surface area contributed by atoms with Crippen LogP contribution in [0.1, 0.15) is 26.2 Å². The standard InChI is InChI=1S/C9H16O3S/c1-8-4-3-5-9(6-8)7-12-13(2,10)11/h6,9H,3-5,7H2,1-2H3. The van der Waals surface area contributed by atoms with Crippen molar-refractivity contribution in [3.8, 4) is 0 Å². The smallest absolute Gasteiger partial charge is 0.264 e. The molecule has 1 rings (SSSR count). The molecule has 1 aliphatic rings. The lowest BCUT2D eigenvalue weighted by molar-refractivity contribution is 0.268. The molecule has 1 atom stereocenters. The third kappa shape index (κ3) is 4.43. The predicted octanol–water partition coefficient (Wildman–Crippen LogP) is 1.71. The molecule has 0 aliphatic heterocycles. The molecule has 0 radical (unpaired) electrons. The Bertz CT molecular complexity index is 290. The van der Waals surface area contributed by atoms with Crippen LogP contribution < -0.4 is 0 Å². The first-order chi connectivity index (χ1) is 5.97. The number of allylic oxidation sites excluding steroid dienone is 1. The van der Waals surface area contributed by atoms with Gasteiger partial charge in [-0.25, -0.2) is 0 Å². The van der Waals surface area contributed by atoms with Crippen LogP contribution in [-0.4, -0.2) is 21.3 Å². The fourth-order valence-corrected chi connectivity index (χ4v) is 1.98. The number of rotatable bonds is 3. The monoisotopic (exact) mass is 204 g/mol. The van der Waals surface area contributed by atoms with E-state index in [4.69, 9.17) is 4.18 Å². The Morgan fingerprint density at radius 3 is 2.85 bits per heavy atom. The molecule has 1 aliphatic carbocycles. The molecule has 0 saturated carbocycles. The van der Waals surface area contributed by atoms with E-state index < -0.39 is 10.1 Å². The minimum Gasteiger partial charge on any atom is -0.270 e. The minimum absolute atomic E-state index is 0.281. The summed E-state index contributed by atoms with van der Waals surface area (Å²) in [6.07, 6.45) is 6.52. The van der Waals surface area contributed by atoms with E-state index in [9.17, 15) is 8.42 Å². The normalized spacial score (nSPS) is 24.2. The van der Waals surface area contributed by atoms with E-state index in [1.54, 1.807) is 0 Å². The fourth-order valence-electron chi connectivity index (χ4n) is 1.55. The summed E-state index contributed by atoms with van der Waals surface area (Å²) in [5, 5.41) is 0. The van der Waals surface area contributed by atoms with E-state index in [0.717, 1.165) is 25.5 Å². The molecule has 0 aromatic rings. The molecule has 0 fully saturated rings. The lowest BCUT2D eigenvalue weighted by atomic mass is 9.92. The third-order valence-corrected chi connectivity index (χ3v) is 2.73. The second-order valence-corrected chi connectivity index (χ2v) is 5.30. The molecular formula is C9H16O3S. The second kappa shape index (κ2) is 4.24. The number of hydrogen-bond donors (Lipinski definition) is 0. The first kappa shape index (κ1) is 10.7. The Hall–Kier alpha value is -0.350. The molecule has 0 aromatic heterocycles. The van der Waals surface area contributed by atoms with Gasteiger partial charge in [-0.15, -0.1) is 0 Å². The summed E-state index contributed by atoms with van der Waals surface area (Å²) in [6.45, 7) is 2.38. The minimum atomic E-state index is -3.27. The van der Waals surface area contributed by atoms with Crippen molar-refractivity contribution in [1.82, 2.24) is 0 Å². The number of hydrogen-bond acceptors (Lipinski definition) is 3. The largest absolute Gasteiger partial charge is 0.270 e.